The topological polar surface area (TPSA) is 73.9 Å². The Hall–Kier alpha value is -0.810. The van der Waals surface area contributed by atoms with Crippen LogP contribution in [0.1, 0.15) is 47.5 Å². The molecule has 1 unspecified atom stereocenters. The summed E-state index contributed by atoms with van der Waals surface area (Å²) < 4.78 is 0. The largest absolute Gasteiger partial charge is 0.409 e. The molecule has 0 saturated heterocycles. The lowest BCUT2D eigenvalue weighted by atomic mass is 9.86. The first-order valence-electron chi connectivity index (χ1n) is 7.31. The van der Waals surface area contributed by atoms with Gasteiger partial charge in [-0.25, -0.2) is 0 Å². The third kappa shape index (κ3) is 7.38. The van der Waals surface area contributed by atoms with Crippen LogP contribution in [-0.4, -0.2) is 48.2 Å². The monoisotopic (exact) mass is 272 g/mol. The first-order valence-corrected chi connectivity index (χ1v) is 7.31. The summed E-state index contributed by atoms with van der Waals surface area (Å²) in [5.74, 6) is 0.309. The Kier molecular flexibility index (Phi) is 8.76. The highest BCUT2D eigenvalue weighted by Crippen LogP contribution is 2.21. The summed E-state index contributed by atoms with van der Waals surface area (Å²) in [7, 11) is 0. The van der Waals surface area contributed by atoms with E-state index in [1.807, 2.05) is 13.8 Å². The summed E-state index contributed by atoms with van der Waals surface area (Å²) >= 11 is 0. The molecule has 4 N–H and O–H groups in total. The van der Waals surface area contributed by atoms with E-state index < -0.39 is 0 Å². The van der Waals surface area contributed by atoms with Gasteiger partial charge < -0.3 is 21.2 Å². The van der Waals surface area contributed by atoms with Crippen LogP contribution in [0.25, 0.3) is 0 Å². The fourth-order valence-electron chi connectivity index (χ4n) is 2.08. The molecule has 5 heteroatoms. The van der Waals surface area contributed by atoms with E-state index in [9.17, 15) is 0 Å². The fraction of sp³-hybridized carbons (Fsp3) is 0.929. The molecule has 0 heterocycles. The van der Waals surface area contributed by atoms with Gasteiger partial charge in [-0.05, 0) is 39.4 Å². The second kappa shape index (κ2) is 9.15. The summed E-state index contributed by atoms with van der Waals surface area (Å²) in [5, 5.41) is 15.3. The molecule has 1 atom stereocenters. The smallest absolute Gasteiger partial charge is 0.144 e. The van der Waals surface area contributed by atoms with Crippen molar-refractivity contribution < 1.29 is 5.21 Å². The normalized spacial score (nSPS) is 14.9. The van der Waals surface area contributed by atoms with E-state index in [2.05, 4.69) is 36.1 Å². The standard InChI is InChI=1S/C14H32N4O/c1-6-18(7-2)11-12(3)16-10-8-9-14(4,5)13(15)17-19/h12,16,19H,6-11H2,1-5H3,(H2,15,17). The lowest BCUT2D eigenvalue weighted by molar-refractivity contribution is 0.269. The number of hydrogen-bond acceptors (Lipinski definition) is 4. The highest BCUT2D eigenvalue weighted by molar-refractivity contribution is 5.85. The van der Waals surface area contributed by atoms with Crippen molar-refractivity contribution in [2.24, 2.45) is 16.3 Å². The first kappa shape index (κ1) is 18.2. The van der Waals surface area contributed by atoms with Crippen LogP contribution in [0.15, 0.2) is 5.16 Å². The van der Waals surface area contributed by atoms with Crippen LogP contribution in [0, 0.1) is 5.41 Å². The van der Waals surface area contributed by atoms with Crippen LogP contribution in [0.4, 0.5) is 0 Å². The lowest BCUT2D eigenvalue weighted by Gasteiger charge is -2.25. The Bertz CT molecular complexity index is 262. The van der Waals surface area contributed by atoms with Gasteiger partial charge >= 0.3 is 0 Å². The van der Waals surface area contributed by atoms with Crippen LogP contribution in [0.5, 0.6) is 0 Å². The zero-order valence-corrected chi connectivity index (χ0v) is 13.2. The molecule has 0 aliphatic heterocycles. The molecule has 0 saturated carbocycles. The molecule has 0 aromatic rings. The molecular formula is C14H32N4O. The van der Waals surface area contributed by atoms with Gasteiger partial charge in [0.15, 0.2) is 0 Å². The van der Waals surface area contributed by atoms with Gasteiger partial charge in [0.25, 0.3) is 0 Å². The SMILES string of the molecule is CCN(CC)CC(C)NCCCC(C)(C)C(N)=NO. The molecule has 0 aliphatic rings. The lowest BCUT2D eigenvalue weighted by Crippen LogP contribution is -2.40. The van der Waals surface area contributed by atoms with E-state index in [1.54, 1.807) is 0 Å². The van der Waals surface area contributed by atoms with Crippen molar-refractivity contribution in [3.63, 3.8) is 0 Å². The van der Waals surface area contributed by atoms with Crippen molar-refractivity contribution in [2.75, 3.05) is 26.2 Å². The second-order valence-electron chi connectivity index (χ2n) is 5.81. The average Bonchev–Trinajstić information content (AvgIpc) is 2.39. The summed E-state index contributed by atoms with van der Waals surface area (Å²) in [6.07, 6.45) is 1.93. The van der Waals surface area contributed by atoms with E-state index in [-0.39, 0.29) is 5.41 Å². The van der Waals surface area contributed by atoms with Crippen molar-refractivity contribution in [3.05, 3.63) is 0 Å². The fourth-order valence-corrected chi connectivity index (χ4v) is 2.08. The summed E-state index contributed by atoms with van der Waals surface area (Å²) in [4.78, 5) is 2.41. The first-order chi connectivity index (χ1) is 8.87. The number of likely N-dealkylation sites (N-methyl/N-ethyl adjacent to an activating group) is 1. The maximum atomic E-state index is 8.71. The molecule has 0 fully saturated rings. The van der Waals surface area contributed by atoms with Gasteiger partial charge in [-0.1, -0.05) is 32.9 Å². The third-order valence-corrected chi connectivity index (χ3v) is 3.70. The van der Waals surface area contributed by atoms with Crippen LogP contribution >= 0.6 is 0 Å². The number of hydrogen-bond donors (Lipinski definition) is 3. The summed E-state index contributed by atoms with van der Waals surface area (Å²) in [5.41, 5.74) is 5.43. The quantitative estimate of drug-likeness (QED) is 0.187. The van der Waals surface area contributed by atoms with Crippen molar-refractivity contribution in [3.8, 4) is 0 Å². The predicted octanol–water partition coefficient (Wildman–Crippen LogP) is 1.86. The number of amidine groups is 1. The Morgan fingerprint density at radius 1 is 1.37 bits per heavy atom. The highest BCUT2D eigenvalue weighted by atomic mass is 16.4. The molecule has 0 bridgehead atoms. The Morgan fingerprint density at radius 3 is 2.42 bits per heavy atom. The summed E-state index contributed by atoms with van der Waals surface area (Å²) in [6, 6.07) is 0.492. The van der Waals surface area contributed by atoms with Crippen LogP contribution in [0.3, 0.4) is 0 Å². The van der Waals surface area contributed by atoms with Gasteiger partial charge in [-0.3, -0.25) is 0 Å². The van der Waals surface area contributed by atoms with Gasteiger partial charge in [-0.15, -0.1) is 0 Å². The number of oxime groups is 1. The maximum Gasteiger partial charge on any atom is 0.144 e. The van der Waals surface area contributed by atoms with Crippen LogP contribution in [0.2, 0.25) is 0 Å². The molecule has 5 nitrogen and oxygen atoms in total. The van der Waals surface area contributed by atoms with Crippen molar-refractivity contribution >= 4 is 5.84 Å². The van der Waals surface area contributed by atoms with E-state index in [0.29, 0.717) is 11.9 Å². The molecule has 0 rings (SSSR count). The van der Waals surface area contributed by atoms with Gasteiger partial charge in [-0.2, -0.15) is 0 Å². The number of nitrogens with two attached hydrogens (primary N) is 1. The minimum absolute atomic E-state index is 0.238. The molecule has 0 amide bonds. The minimum Gasteiger partial charge on any atom is -0.409 e. The zero-order chi connectivity index (χ0) is 14.9. The molecule has 0 aromatic heterocycles. The van der Waals surface area contributed by atoms with Crippen LogP contribution < -0.4 is 11.1 Å². The molecule has 19 heavy (non-hydrogen) atoms. The Balaban J connectivity index is 3.86. The van der Waals surface area contributed by atoms with E-state index >= 15 is 0 Å². The van der Waals surface area contributed by atoms with Gasteiger partial charge in [0.2, 0.25) is 0 Å². The Morgan fingerprint density at radius 2 is 1.95 bits per heavy atom. The minimum atomic E-state index is -0.238. The molecule has 0 aromatic carbocycles. The van der Waals surface area contributed by atoms with E-state index in [4.69, 9.17) is 10.9 Å². The van der Waals surface area contributed by atoms with Crippen molar-refractivity contribution in [2.45, 2.75) is 53.5 Å². The second-order valence-corrected chi connectivity index (χ2v) is 5.81. The number of nitrogens with zero attached hydrogens (tertiary/aromatic N) is 2. The highest BCUT2D eigenvalue weighted by Gasteiger charge is 2.22. The maximum absolute atomic E-state index is 8.71. The van der Waals surface area contributed by atoms with Gasteiger partial charge in [0.1, 0.15) is 5.84 Å². The zero-order valence-electron chi connectivity index (χ0n) is 13.2. The number of nitrogens with one attached hydrogen (secondary N) is 1. The molecule has 114 valence electrons. The number of rotatable bonds is 10. The third-order valence-electron chi connectivity index (χ3n) is 3.70. The molecule has 0 radical (unpaired) electrons. The van der Waals surface area contributed by atoms with Gasteiger partial charge in [0, 0.05) is 18.0 Å². The van der Waals surface area contributed by atoms with Crippen molar-refractivity contribution in [1.82, 2.24) is 10.2 Å². The average molecular weight is 272 g/mol. The van der Waals surface area contributed by atoms with Crippen LogP contribution in [-0.2, 0) is 0 Å². The molecule has 0 aliphatic carbocycles. The molecule has 0 spiro atoms. The van der Waals surface area contributed by atoms with E-state index in [1.165, 1.54) is 0 Å². The summed E-state index contributed by atoms with van der Waals surface area (Å²) in [6.45, 7) is 14.8. The van der Waals surface area contributed by atoms with Gasteiger partial charge in [0.05, 0.1) is 0 Å². The van der Waals surface area contributed by atoms with Crippen molar-refractivity contribution in [1.29, 1.82) is 0 Å². The Labute approximate surface area is 118 Å². The van der Waals surface area contributed by atoms with E-state index in [0.717, 1.165) is 39.0 Å². The predicted molar refractivity (Wildman–Crippen MR) is 81.7 cm³/mol. The molecular weight excluding hydrogens is 240 g/mol.